The van der Waals surface area contributed by atoms with E-state index in [1.165, 1.54) is 98.6 Å². The number of fused-ring (bicyclic) bond motifs is 5. The zero-order valence-electron chi connectivity index (χ0n) is 21.1. The van der Waals surface area contributed by atoms with Gasteiger partial charge in [0.1, 0.15) is 8.11 Å². The number of hydrogen-bond donors (Lipinski definition) is 0. The molecule has 3 aromatic carbocycles. The van der Waals surface area contributed by atoms with Crippen LogP contribution in [0, 0.1) is 0 Å². The van der Waals surface area contributed by atoms with Gasteiger partial charge in [0.15, 0.2) is 0 Å². The molecule has 0 fully saturated rings. The highest BCUT2D eigenvalue weighted by Crippen LogP contribution is 2.33. The van der Waals surface area contributed by atoms with Crippen molar-refractivity contribution in [2.45, 2.75) is 104 Å². The standard InChI is InChI=1S/C18H16.C10H22.C2H7ClSi/c1-3-7-15-13(5-1)9-11-18-16-8-4-2-6-14(16)10-12-17(15)18;1-3-5-7-9-10-8-6-4-2;1-4(2)3/h1,3,5,7,9-12H,2,4,6,8H2;3-10H2,1-2H3;4H,1-2H3. The quantitative estimate of drug-likeness (QED) is 0.140. The predicted molar refractivity (Wildman–Crippen MR) is 151 cm³/mol. The van der Waals surface area contributed by atoms with Crippen molar-refractivity contribution >= 4 is 40.7 Å². The van der Waals surface area contributed by atoms with Crippen molar-refractivity contribution in [3.63, 3.8) is 0 Å². The fourth-order valence-electron chi connectivity index (χ4n) is 4.55. The molecular weight excluding hydrogens is 424 g/mol. The molecule has 0 N–H and O–H groups in total. The molecule has 0 heterocycles. The minimum atomic E-state index is -0.667. The van der Waals surface area contributed by atoms with Gasteiger partial charge in [-0.15, -0.1) is 0 Å². The van der Waals surface area contributed by atoms with Crippen LogP contribution in [0.5, 0.6) is 0 Å². The van der Waals surface area contributed by atoms with Crippen molar-refractivity contribution in [1.82, 2.24) is 0 Å². The molecule has 0 nitrogen and oxygen atoms in total. The van der Waals surface area contributed by atoms with Gasteiger partial charge in [-0.3, -0.25) is 0 Å². The highest BCUT2D eigenvalue weighted by Gasteiger charge is 2.13. The first-order valence-corrected chi connectivity index (χ1v) is 17.2. The fraction of sp³-hybridized carbons (Fsp3) is 0.533. The van der Waals surface area contributed by atoms with E-state index in [4.69, 9.17) is 11.1 Å². The van der Waals surface area contributed by atoms with E-state index in [1.54, 1.807) is 11.1 Å². The highest BCUT2D eigenvalue weighted by molar-refractivity contribution is 7.05. The monoisotopic (exact) mass is 468 g/mol. The Bertz CT molecular complexity index is 904. The van der Waals surface area contributed by atoms with E-state index in [9.17, 15) is 0 Å². The second-order valence-electron chi connectivity index (χ2n) is 9.43. The van der Waals surface area contributed by atoms with Gasteiger partial charge in [0.25, 0.3) is 0 Å². The van der Waals surface area contributed by atoms with Crippen molar-refractivity contribution in [1.29, 1.82) is 0 Å². The summed E-state index contributed by atoms with van der Waals surface area (Å²) in [5.41, 5.74) is 3.17. The SMILES string of the molecule is CCCCCCCCCC.C[SiH](C)Cl.c1ccc2c(c1)ccc1c3c(ccc12)CCCC3. The third kappa shape index (κ3) is 8.91. The average molecular weight is 469 g/mol. The Morgan fingerprint density at radius 1 is 0.656 bits per heavy atom. The number of aryl methyl sites for hydroxylation is 2. The van der Waals surface area contributed by atoms with Crippen LogP contribution in [0.1, 0.15) is 89.2 Å². The summed E-state index contributed by atoms with van der Waals surface area (Å²) >= 11 is 5.41. The first-order chi connectivity index (χ1) is 15.6. The number of unbranched alkanes of at least 4 members (excludes halogenated alkanes) is 7. The molecule has 0 amide bonds. The summed E-state index contributed by atoms with van der Waals surface area (Å²) in [4.78, 5) is 0. The number of benzene rings is 3. The number of hydrogen-bond acceptors (Lipinski definition) is 0. The van der Waals surface area contributed by atoms with Gasteiger partial charge in [-0.2, -0.15) is 11.1 Å². The Kier molecular flexibility index (Phi) is 13.1. The topological polar surface area (TPSA) is 0 Å². The largest absolute Gasteiger partial charge is 0.172 e. The Morgan fingerprint density at radius 2 is 1.22 bits per heavy atom. The lowest BCUT2D eigenvalue weighted by atomic mass is 9.86. The van der Waals surface area contributed by atoms with Crippen LogP contribution in [0.2, 0.25) is 13.1 Å². The molecule has 1 aliphatic carbocycles. The van der Waals surface area contributed by atoms with E-state index in [1.807, 2.05) is 0 Å². The summed E-state index contributed by atoms with van der Waals surface area (Å²) in [6, 6.07) is 18.0. The van der Waals surface area contributed by atoms with Gasteiger partial charge >= 0.3 is 0 Å². The molecule has 0 atom stereocenters. The molecule has 4 rings (SSSR count). The minimum Gasteiger partial charge on any atom is -0.172 e. The summed E-state index contributed by atoms with van der Waals surface area (Å²) in [6.07, 6.45) is 16.7. The number of halogens is 1. The van der Waals surface area contributed by atoms with Crippen molar-refractivity contribution < 1.29 is 0 Å². The maximum atomic E-state index is 5.41. The molecule has 1 aliphatic rings. The van der Waals surface area contributed by atoms with E-state index in [0.717, 1.165) is 0 Å². The van der Waals surface area contributed by atoms with E-state index in [0.29, 0.717) is 0 Å². The summed E-state index contributed by atoms with van der Waals surface area (Å²) < 4.78 is 0. The molecule has 0 radical (unpaired) electrons. The van der Waals surface area contributed by atoms with Gasteiger partial charge in [-0.05, 0) is 58.4 Å². The first-order valence-electron chi connectivity index (χ1n) is 13.1. The van der Waals surface area contributed by atoms with Gasteiger partial charge in [-0.1, -0.05) is 127 Å². The Labute approximate surface area is 204 Å². The lowest BCUT2D eigenvalue weighted by Gasteiger charge is -2.18. The molecule has 2 heteroatoms. The molecule has 0 unspecified atom stereocenters. The van der Waals surface area contributed by atoms with Gasteiger partial charge in [-0.25, -0.2) is 0 Å². The van der Waals surface area contributed by atoms with Crippen LogP contribution in [0.4, 0.5) is 0 Å². The van der Waals surface area contributed by atoms with E-state index in [2.05, 4.69) is 75.5 Å². The highest BCUT2D eigenvalue weighted by atomic mass is 35.6. The van der Waals surface area contributed by atoms with Crippen LogP contribution in [0.3, 0.4) is 0 Å². The van der Waals surface area contributed by atoms with Gasteiger partial charge in [0.05, 0.1) is 0 Å². The van der Waals surface area contributed by atoms with Crippen molar-refractivity contribution in [2.75, 3.05) is 0 Å². The fourth-order valence-corrected chi connectivity index (χ4v) is 4.55. The smallest absolute Gasteiger partial charge is 0.134 e. The molecule has 176 valence electrons. The molecule has 0 saturated carbocycles. The Balaban J connectivity index is 0.000000222. The maximum Gasteiger partial charge on any atom is 0.134 e. The van der Waals surface area contributed by atoms with Crippen molar-refractivity contribution in [2.24, 2.45) is 0 Å². The molecule has 32 heavy (non-hydrogen) atoms. The first kappa shape index (κ1) is 26.9. The number of rotatable bonds is 7. The van der Waals surface area contributed by atoms with Gasteiger partial charge in [0, 0.05) is 0 Å². The summed E-state index contributed by atoms with van der Waals surface area (Å²) in [5, 5.41) is 5.64. The lowest BCUT2D eigenvalue weighted by molar-refractivity contribution is 0.585. The third-order valence-electron chi connectivity index (χ3n) is 6.21. The molecule has 0 spiro atoms. The third-order valence-corrected chi connectivity index (χ3v) is 6.21. The van der Waals surface area contributed by atoms with E-state index < -0.39 is 8.11 Å². The van der Waals surface area contributed by atoms with Crippen molar-refractivity contribution in [3.05, 3.63) is 59.7 Å². The molecular formula is C30H45ClSi. The second kappa shape index (κ2) is 15.5. The Hall–Kier alpha value is -1.31. The molecule has 0 bridgehead atoms. The lowest BCUT2D eigenvalue weighted by Crippen LogP contribution is -2.02. The second-order valence-corrected chi connectivity index (χ2v) is 14.1. The van der Waals surface area contributed by atoms with Gasteiger partial charge in [0.2, 0.25) is 0 Å². The van der Waals surface area contributed by atoms with Gasteiger partial charge < -0.3 is 0 Å². The Morgan fingerprint density at radius 3 is 1.88 bits per heavy atom. The normalized spacial score (nSPS) is 12.7. The van der Waals surface area contributed by atoms with Crippen LogP contribution in [-0.2, 0) is 12.8 Å². The zero-order chi connectivity index (χ0) is 23.2. The molecule has 0 aliphatic heterocycles. The summed E-state index contributed by atoms with van der Waals surface area (Å²) in [7, 11) is -0.667. The van der Waals surface area contributed by atoms with Crippen molar-refractivity contribution in [3.8, 4) is 0 Å². The van der Waals surface area contributed by atoms with E-state index >= 15 is 0 Å². The van der Waals surface area contributed by atoms with Crippen LogP contribution in [0.15, 0.2) is 48.5 Å². The van der Waals surface area contributed by atoms with Crippen LogP contribution in [-0.4, -0.2) is 8.11 Å². The average Bonchev–Trinajstić information content (AvgIpc) is 2.81. The molecule has 3 aromatic rings. The van der Waals surface area contributed by atoms with Crippen LogP contribution in [0.25, 0.3) is 21.5 Å². The van der Waals surface area contributed by atoms with Crippen LogP contribution >= 0.6 is 11.1 Å². The molecule has 0 aromatic heterocycles. The maximum absolute atomic E-state index is 5.41. The predicted octanol–water partition coefficient (Wildman–Crippen LogP) is 10.2. The summed E-state index contributed by atoms with van der Waals surface area (Å²) in [5.74, 6) is 0. The van der Waals surface area contributed by atoms with Crippen LogP contribution < -0.4 is 0 Å². The molecule has 0 saturated heterocycles. The zero-order valence-corrected chi connectivity index (χ0v) is 23.0. The summed E-state index contributed by atoms with van der Waals surface area (Å²) in [6.45, 7) is 8.68. The van der Waals surface area contributed by atoms with E-state index in [-0.39, 0.29) is 0 Å². The minimum absolute atomic E-state index is 0.667.